The van der Waals surface area contributed by atoms with Crippen LogP contribution >= 0.6 is 22.7 Å². The van der Waals surface area contributed by atoms with Gasteiger partial charge in [0.05, 0.1) is 30.7 Å². The average molecular weight is 420 g/mol. The molecule has 0 bridgehead atoms. The van der Waals surface area contributed by atoms with Gasteiger partial charge in [0, 0.05) is 31.0 Å². The van der Waals surface area contributed by atoms with Crippen molar-refractivity contribution in [3.63, 3.8) is 0 Å². The van der Waals surface area contributed by atoms with Gasteiger partial charge >= 0.3 is 5.97 Å². The summed E-state index contributed by atoms with van der Waals surface area (Å²) < 4.78 is 9.99. The zero-order valence-electron chi connectivity index (χ0n) is 15.9. The molecule has 3 rings (SSSR count). The fourth-order valence-electron chi connectivity index (χ4n) is 2.65. The van der Waals surface area contributed by atoms with Crippen molar-refractivity contribution in [2.24, 2.45) is 0 Å². The standard InChI is InChI=1S/C19H21N3O4S2/c1-22(7-8-25-2)10-13-4-5-14-15(21-17(23)12-6-9-27-11-12)16(19(24)26-3)28-18(14)20-13/h4-6,9,11H,7-8,10H2,1-3H3,(H,21,23). The van der Waals surface area contributed by atoms with Crippen molar-refractivity contribution in [2.45, 2.75) is 6.54 Å². The Labute approximate surface area is 170 Å². The summed E-state index contributed by atoms with van der Waals surface area (Å²) in [6, 6.07) is 5.52. The van der Waals surface area contributed by atoms with Gasteiger partial charge in [0.15, 0.2) is 0 Å². The smallest absolute Gasteiger partial charge is 0.350 e. The summed E-state index contributed by atoms with van der Waals surface area (Å²) in [6.45, 7) is 2.08. The van der Waals surface area contributed by atoms with Crippen LogP contribution in [0.25, 0.3) is 10.2 Å². The van der Waals surface area contributed by atoms with Gasteiger partial charge < -0.3 is 14.8 Å². The molecule has 3 aromatic rings. The Morgan fingerprint density at radius 3 is 2.75 bits per heavy atom. The number of rotatable bonds is 8. The molecule has 7 nitrogen and oxygen atoms in total. The van der Waals surface area contributed by atoms with Crippen molar-refractivity contribution in [3.05, 3.63) is 45.1 Å². The number of aromatic nitrogens is 1. The maximum absolute atomic E-state index is 12.5. The summed E-state index contributed by atoms with van der Waals surface area (Å²) in [5.41, 5.74) is 1.86. The second kappa shape index (κ2) is 9.24. The zero-order valence-corrected chi connectivity index (χ0v) is 17.5. The topological polar surface area (TPSA) is 80.8 Å². The van der Waals surface area contributed by atoms with E-state index in [9.17, 15) is 9.59 Å². The van der Waals surface area contributed by atoms with Gasteiger partial charge in [-0.15, -0.1) is 11.3 Å². The molecular weight excluding hydrogens is 398 g/mol. The highest BCUT2D eigenvalue weighted by Crippen LogP contribution is 2.36. The molecule has 0 saturated carbocycles. The lowest BCUT2D eigenvalue weighted by Gasteiger charge is -2.15. The quantitative estimate of drug-likeness (QED) is 0.563. The van der Waals surface area contributed by atoms with Crippen molar-refractivity contribution in [1.29, 1.82) is 0 Å². The number of hydrogen-bond acceptors (Lipinski definition) is 8. The van der Waals surface area contributed by atoms with Gasteiger partial charge in [0.2, 0.25) is 0 Å². The van der Waals surface area contributed by atoms with E-state index in [1.54, 1.807) is 18.6 Å². The molecule has 1 amide bonds. The van der Waals surface area contributed by atoms with E-state index >= 15 is 0 Å². The normalized spacial score (nSPS) is 11.1. The number of amides is 1. The number of nitrogens with zero attached hydrogens (tertiary/aromatic N) is 2. The predicted molar refractivity (Wildman–Crippen MR) is 111 cm³/mol. The third kappa shape index (κ3) is 4.56. The molecule has 0 radical (unpaired) electrons. The fourth-order valence-corrected chi connectivity index (χ4v) is 4.35. The maximum Gasteiger partial charge on any atom is 0.350 e. The van der Waals surface area contributed by atoms with Gasteiger partial charge in [-0.2, -0.15) is 11.3 Å². The van der Waals surface area contributed by atoms with E-state index in [-0.39, 0.29) is 5.91 Å². The Kier molecular flexibility index (Phi) is 6.74. The molecule has 0 aliphatic heterocycles. The van der Waals surface area contributed by atoms with Crippen LogP contribution in [0.4, 0.5) is 5.69 Å². The second-order valence-electron chi connectivity index (χ2n) is 6.15. The number of ether oxygens (including phenoxy) is 2. The van der Waals surface area contributed by atoms with E-state index < -0.39 is 5.97 Å². The molecule has 28 heavy (non-hydrogen) atoms. The van der Waals surface area contributed by atoms with E-state index in [4.69, 9.17) is 9.47 Å². The number of nitrogens with one attached hydrogen (secondary N) is 1. The largest absolute Gasteiger partial charge is 0.465 e. The minimum atomic E-state index is -0.498. The number of anilines is 1. The first-order valence-electron chi connectivity index (χ1n) is 8.55. The molecule has 0 aliphatic carbocycles. The molecule has 0 saturated heterocycles. The summed E-state index contributed by atoms with van der Waals surface area (Å²) in [4.78, 5) is 32.5. The van der Waals surface area contributed by atoms with E-state index in [2.05, 4.69) is 15.2 Å². The van der Waals surface area contributed by atoms with Crippen LogP contribution in [0.3, 0.4) is 0 Å². The Balaban J connectivity index is 1.92. The van der Waals surface area contributed by atoms with Gasteiger partial charge in [-0.25, -0.2) is 9.78 Å². The Morgan fingerprint density at radius 2 is 2.07 bits per heavy atom. The number of carbonyl (C=O) groups is 2. The van der Waals surface area contributed by atoms with Crippen molar-refractivity contribution >= 4 is 50.5 Å². The van der Waals surface area contributed by atoms with E-state index in [0.29, 0.717) is 34.1 Å². The number of esters is 1. The third-order valence-corrected chi connectivity index (χ3v) is 5.88. The van der Waals surface area contributed by atoms with Gasteiger partial charge in [0.1, 0.15) is 9.71 Å². The van der Waals surface area contributed by atoms with Crippen LogP contribution in [0.15, 0.2) is 29.0 Å². The highest BCUT2D eigenvalue weighted by molar-refractivity contribution is 7.21. The van der Waals surface area contributed by atoms with Crippen LogP contribution in [0.2, 0.25) is 0 Å². The van der Waals surface area contributed by atoms with E-state index in [0.717, 1.165) is 17.6 Å². The van der Waals surface area contributed by atoms with Gasteiger partial charge in [-0.1, -0.05) is 0 Å². The average Bonchev–Trinajstić information content (AvgIpc) is 3.34. The van der Waals surface area contributed by atoms with Gasteiger partial charge in [0.25, 0.3) is 5.91 Å². The number of hydrogen-bond donors (Lipinski definition) is 1. The SMILES string of the molecule is COCCN(C)Cc1ccc2c(NC(=O)c3ccsc3)c(C(=O)OC)sc2n1. The molecule has 1 N–H and O–H groups in total. The molecule has 3 aromatic heterocycles. The molecule has 0 unspecified atom stereocenters. The number of methoxy groups -OCH3 is 2. The lowest BCUT2D eigenvalue weighted by atomic mass is 10.2. The monoisotopic (exact) mass is 419 g/mol. The number of thiophene rings is 2. The molecule has 148 valence electrons. The maximum atomic E-state index is 12.5. The Bertz CT molecular complexity index is 969. The van der Waals surface area contributed by atoms with Crippen LogP contribution in [0, 0.1) is 0 Å². The summed E-state index contributed by atoms with van der Waals surface area (Å²) in [5.74, 6) is -0.767. The summed E-state index contributed by atoms with van der Waals surface area (Å²) >= 11 is 2.65. The van der Waals surface area contributed by atoms with E-state index in [1.165, 1.54) is 29.8 Å². The minimum Gasteiger partial charge on any atom is -0.465 e. The van der Waals surface area contributed by atoms with Crippen molar-refractivity contribution in [2.75, 3.05) is 39.7 Å². The molecule has 0 atom stereocenters. The molecule has 0 spiro atoms. The second-order valence-corrected chi connectivity index (χ2v) is 7.93. The van der Waals surface area contributed by atoms with Crippen LogP contribution in [0.1, 0.15) is 25.7 Å². The minimum absolute atomic E-state index is 0.269. The molecule has 0 fully saturated rings. The highest BCUT2D eigenvalue weighted by atomic mass is 32.1. The van der Waals surface area contributed by atoms with Gasteiger partial charge in [-0.05, 0) is 30.6 Å². The number of pyridine rings is 1. The molecule has 9 heteroatoms. The van der Waals surface area contributed by atoms with E-state index in [1.807, 2.05) is 24.6 Å². The summed E-state index contributed by atoms with van der Waals surface area (Å²) in [6.07, 6.45) is 0. The van der Waals surface area contributed by atoms with Crippen molar-refractivity contribution in [3.8, 4) is 0 Å². The fraction of sp³-hybridized carbons (Fsp3) is 0.316. The molecule has 0 aliphatic rings. The third-order valence-electron chi connectivity index (χ3n) is 4.11. The number of fused-ring (bicyclic) bond motifs is 1. The highest BCUT2D eigenvalue weighted by Gasteiger charge is 2.22. The lowest BCUT2D eigenvalue weighted by Crippen LogP contribution is -2.22. The predicted octanol–water partition coefficient (Wildman–Crippen LogP) is 3.47. The first kappa shape index (κ1) is 20.4. The first-order valence-corrected chi connectivity index (χ1v) is 10.3. The van der Waals surface area contributed by atoms with Crippen LogP contribution in [0.5, 0.6) is 0 Å². The van der Waals surface area contributed by atoms with Crippen LogP contribution < -0.4 is 5.32 Å². The summed E-state index contributed by atoms with van der Waals surface area (Å²) in [5, 5.41) is 7.16. The van der Waals surface area contributed by atoms with Crippen molar-refractivity contribution < 1.29 is 19.1 Å². The number of likely N-dealkylation sites (N-methyl/N-ethyl adjacent to an activating group) is 1. The number of carbonyl (C=O) groups excluding carboxylic acids is 2. The first-order chi connectivity index (χ1) is 13.5. The molecular formula is C19H21N3O4S2. The molecule has 0 aromatic carbocycles. The van der Waals surface area contributed by atoms with Gasteiger partial charge in [-0.3, -0.25) is 9.69 Å². The Morgan fingerprint density at radius 1 is 1.25 bits per heavy atom. The lowest BCUT2D eigenvalue weighted by molar-refractivity contribution is 0.0607. The summed E-state index contributed by atoms with van der Waals surface area (Å²) in [7, 11) is 4.98. The Hall–Kier alpha value is -2.33. The van der Waals surface area contributed by atoms with Crippen LogP contribution in [-0.4, -0.2) is 56.2 Å². The zero-order chi connectivity index (χ0) is 20.1. The van der Waals surface area contributed by atoms with Crippen LogP contribution in [-0.2, 0) is 16.0 Å². The van der Waals surface area contributed by atoms with Crippen molar-refractivity contribution in [1.82, 2.24) is 9.88 Å². The molecule has 3 heterocycles.